The van der Waals surface area contributed by atoms with E-state index in [0.29, 0.717) is 60.7 Å². The van der Waals surface area contributed by atoms with Crippen molar-refractivity contribution in [1.29, 1.82) is 0 Å². The number of nitrogens with zero attached hydrogens (tertiary/aromatic N) is 2. The van der Waals surface area contributed by atoms with Crippen molar-refractivity contribution in [1.82, 2.24) is 9.97 Å². The molecule has 0 N–H and O–H groups in total. The molecule has 2 aromatic heterocycles. The average Bonchev–Trinajstić information content (AvgIpc) is 3.65. The first kappa shape index (κ1) is 32.7. The van der Waals surface area contributed by atoms with Gasteiger partial charge in [-0.1, -0.05) is 37.1 Å². The van der Waals surface area contributed by atoms with Gasteiger partial charge in [0, 0.05) is 25.4 Å². The van der Waals surface area contributed by atoms with E-state index in [-0.39, 0.29) is 0 Å². The van der Waals surface area contributed by atoms with Gasteiger partial charge in [0.25, 0.3) is 0 Å². The third kappa shape index (κ3) is 10.8. The lowest BCUT2D eigenvalue weighted by Crippen LogP contribution is -2.03. The number of benzene rings is 2. The molecule has 0 saturated heterocycles. The summed E-state index contributed by atoms with van der Waals surface area (Å²) in [4.78, 5) is 8.57. The first-order valence-electron chi connectivity index (χ1n) is 13.8. The highest BCUT2D eigenvalue weighted by Crippen LogP contribution is 2.30. The van der Waals surface area contributed by atoms with Gasteiger partial charge in [-0.2, -0.15) is 26.3 Å². The lowest BCUT2D eigenvalue weighted by atomic mass is 10.1. The fourth-order valence-electron chi connectivity index (χ4n) is 3.95. The van der Waals surface area contributed by atoms with E-state index in [2.05, 4.69) is 9.97 Å². The van der Waals surface area contributed by atoms with Crippen molar-refractivity contribution in [3.05, 3.63) is 106 Å². The summed E-state index contributed by atoms with van der Waals surface area (Å²) in [5.74, 6) is 0.667. The maximum atomic E-state index is 12.7. The van der Waals surface area contributed by atoms with Crippen molar-refractivity contribution in [2.75, 3.05) is 13.2 Å². The quantitative estimate of drug-likeness (QED) is 0.0975. The topological polar surface area (TPSA) is 70.5 Å². The maximum Gasteiger partial charge on any atom is 0.416 e. The van der Waals surface area contributed by atoms with Crippen LogP contribution >= 0.6 is 0 Å². The van der Waals surface area contributed by atoms with Gasteiger partial charge in [-0.15, -0.1) is 0 Å². The zero-order chi connectivity index (χ0) is 31.4. The Bertz CT molecular complexity index is 1370. The van der Waals surface area contributed by atoms with Gasteiger partial charge >= 0.3 is 12.4 Å². The van der Waals surface area contributed by atoms with Gasteiger partial charge in [0.05, 0.1) is 24.3 Å². The molecule has 12 heteroatoms. The Labute approximate surface area is 250 Å². The van der Waals surface area contributed by atoms with Gasteiger partial charge in [-0.25, -0.2) is 9.97 Å². The van der Waals surface area contributed by atoms with Crippen LogP contribution in [-0.4, -0.2) is 23.2 Å². The molecule has 0 aliphatic rings. The molecule has 6 nitrogen and oxygen atoms in total. The van der Waals surface area contributed by atoms with Crippen molar-refractivity contribution >= 4 is 24.3 Å². The molecule has 0 saturated carbocycles. The average molecular weight is 621 g/mol. The molecule has 0 unspecified atom stereocenters. The van der Waals surface area contributed by atoms with Crippen LogP contribution < -0.4 is 0 Å². The van der Waals surface area contributed by atoms with Gasteiger partial charge in [-0.3, -0.25) is 0 Å². The minimum absolute atomic E-state index is 0.292. The lowest BCUT2D eigenvalue weighted by Gasteiger charge is -2.05. The first-order chi connectivity index (χ1) is 21.1. The van der Waals surface area contributed by atoms with Crippen molar-refractivity contribution in [3.63, 3.8) is 0 Å². The van der Waals surface area contributed by atoms with E-state index in [9.17, 15) is 26.3 Å². The molecular weight excluding hydrogens is 590 g/mol. The van der Waals surface area contributed by atoms with Crippen LogP contribution in [0.1, 0.15) is 71.1 Å². The van der Waals surface area contributed by atoms with E-state index in [4.69, 9.17) is 18.3 Å². The van der Waals surface area contributed by atoms with E-state index in [1.807, 2.05) is 0 Å². The Kier molecular flexibility index (Phi) is 11.6. The number of rotatable bonds is 15. The van der Waals surface area contributed by atoms with Crippen LogP contribution in [0, 0.1) is 0 Å². The smallest absolute Gasteiger partial charge is 0.416 e. The summed E-state index contributed by atoms with van der Waals surface area (Å²) >= 11 is 0. The van der Waals surface area contributed by atoms with E-state index in [1.165, 1.54) is 36.8 Å². The second-order valence-electron chi connectivity index (χ2n) is 9.78. The Morgan fingerprint density at radius 2 is 0.932 bits per heavy atom. The fraction of sp³-hybridized carbons (Fsp3) is 0.312. The summed E-state index contributed by atoms with van der Waals surface area (Å²) in [7, 11) is 0. The number of halogens is 6. The van der Waals surface area contributed by atoms with Gasteiger partial charge in [0.1, 0.15) is 23.9 Å². The Morgan fingerprint density at radius 3 is 1.30 bits per heavy atom. The normalized spacial score (nSPS) is 12.6. The summed E-state index contributed by atoms with van der Waals surface area (Å²) in [5.41, 5.74) is 1.03. The summed E-state index contributed by atoms with van der Waals surface area (Å²) in [6, 6.07) is 9.61. The lowest BCUT2D eigenvalue weighted by molar-refractivity contribution is -0.138. The van der Waals surface area contributed by atoms with E-state index >= 15 is 0 Å². The third-order valence-corrected chi connectivity index (χ3v) is 6.28. The monoisotopic (exact) mass is 620 g/mol. The molecule has 0 aliphatic heterocycles. The molecule has 0 fully saturated rings. The zero-order valence-electron chi connectivity index (χ0n) is 23.5. The number of alkyl halides is 6. The number of ether oxygens (including phenoxy) is 2. The Morgan fingerprint density at radius 1 is 0.545 bits per heavy atom. The van der Waals surface area contributed by atoms with Crippen LogP contribution in [0.3, 0.4) is 0 Å². The summed E-state index contributed by atoms with van der Waals surface area (Å²) < 4.78 is 97.9. The van der Waals surface area contributed by atoms with Crippen LogP contribution in [0.2, 0.25) is 0 Å². The predicted octanol–water partition coefficient (Wildman–Crippen LogP) is 9.33. The highest BCUT2D eigenvalue weighted by Gasteiger charge is 2.30. The SMILES string of the molecule is FC(F)(F)c1ccc(/C=C/c2nc(COCCCCCCOCc3coc(/C=C/c4ccc(C(F)(F)F)cc4)n3)co2)cc1. The predicted molar refractivity (Wildman–Crippen MR) is 152 cm³/mol. The van der Waals surface area contributed by atoms with Crippen LogP contribution in [0.4, 0.5) is 26.3 Å². The number of oxazole rings is 2. The largest absolute Gasteiger partial charge is 0.445 e. The molecular formula is C32H30F6N2O4. The van der Waals surface area contributed by atoms with Crippen molar-refractivity contribution in [2.24, 2.45) is 0 Å². The molecule has 234 valence electrons. The molecule has 4 rings (SSSR count). The van der Waals surface area contributed by atoms with Crippen LogP contribution in [-0.2, 0) is 35.0 Å². The molecule has 0 aliphatic carbocycles. The minimum atomic E-state index is -4.37. The van der Waals surface area contributed by atoms with Crippen LogP contribution in [0.25, 0.3) is 24.3 Å². The molecule has 4 aromatic rings. The molecule has 44 heavy (non-hydrogen) atoms. The number of hydrogen-bond donors (Lipinski definition) is 0. The van der Waals surface area contributed by atoms with Crippen molar-refractivity contribution in [2.45, 2.75) is 51.2 Å². The fourth-order valence-corrected chi connectivity index (χ4v) is 3.95. The maximum absolute atomic E-state index is 12.7. The summed E-state index contributed by atoms with van der Waals surface area (Å²) in [5, 5.41) is 0. The van der Waals surface area contributed by atoms with Gasteiger partial charge in [-0.05, 0) is 60.4 Å². The molecule has 0 atom stereocenters. The van der Waals surface area contributed by atoms with Gasteiger partial charge in [0.15, 0.2) is 0 Å². The highest BCUT2D eigenvalue weighted by molar-refractivity contribution is 5.66. The molecule has 0 spiro atoms. The molecule has 0 amide bonds. The van der Waals surface area contributed by atoms with Crippen LogP contribution in [0.15, 0.2) is 69.9 Å². The zero-order valence-corrected chi connectivity index (χ0v) is 23.5. The molecule has 2 heterocycles. The Balaban J connectivity index is 1.03. The van der Waals surface area contributed by atoms with Crippen molar-refractivity contribution < 1.29 is 44.7 Å². The molecule has 0 radical (unpaired) electrons. The summed E-state index contributed by atoms with van der Waals surface area (Å²) in [6.07, 6.45) is 4.31. The number of hydrogen-bond acceptors (Lipinski definition) is 6. The van der Waals surface area contributed by atoms with Gasteiger partial charge < -0.3 is 18.3 Å². The standard InChI is InChI=1S/C32H30F6N2O4/c33-31(34,35)25-11-5-23(6-12-25)9-15-29-39-27(21-43-29)19-41-17-3-1-2-4-18-42-20-28-22-44-30(40-28)16-10-24-7-13-26(14-8-24)32(36,37)38/h5-16,21-22H,1-4,17-20H2/b15-9+,16-10+. The second kappa shape index (κ2) is 15.5. The van der Waals surface area contributed by atoms with Crippen molar-refractivity contribution in [3.8, 4) is 0 Å². The second-order valence-corrected chi connectivity index (χ2v) is 9.78. The highest BCUT2D eigenvalue weighted by atomic mass is 19.4. The Hall–Kier alpha value is -4.16. The third-order valence-electron chi connectivity index (χ3n) is 6.28. The molecule has 0 bridgehead atoms. The minimum Gasteiger partial charge on any atom is -0.445 e. The van der Waals surface area contributed by atoms with E-state index in [0.717, 1.165) is 49.9 Å². The van der Waals surface area contributed by atoms with Gasteiger partial charge in [0.2, 0.25) is 11.8 Å². The summed E-state index contributed by atoms with van der Waals surface area (Å²) in [6.45, 7) is 1.71. The molecule has 2 aromatic carbocycles. The van der Waals surface area contributed by atoms with E-state index < -0.39 is 23.5 Å². The van der Waals surface area contributed by atoms with E-state index in [1.54, 1.807) is 24.3 Å². The van der Waals surface area contributed by atoms with Crippen LogP contribution in [0.5, 0.6) is 0 Å². The number of aromatic nitrogens is 2. The number of unbranched alkanes of at least 4 members (excludes halogenated alkanes) is 3. The first-order valence-corrected chi connectivity index (χ1v) is 13.8.